The van der Waals surface area contributed by atoms with Gasteiger partial charge in [0.1, 0.15) is 5.69 Å². The Morgan fingerprint density at radius 3 is 2.81 bits per heavy atom. The second kappa shape index (κ2) is 6.54. The molecule has 16 heavy (non-hydrogen) atoms. The van der Waals surface area contributed by atoms with E-state index in [4.69, 9.17) is 4.74 Å². The largest absolute Gasteiger partial charge is 0.379 e. The smallest absolute Gasteiger partial charge is 0.135 e. The van der Waals surface area contributed by atoms with Gasteiger partial charge in [0.2, 0.25) is 0 Å². The van der Waals surface area contributed by atoms with E-state index in [9.17, 15) is 0 Å². The molecule has 5 heteroatoms. The van der Waals surface area contributed by atoms with Crippen molar-refractivity contribution >= 4 is 12.4 Å². The molecule has 0 unspecified atom stereocenters. The molecule has 2 rings (SSSR count). The van der Waals surface area contributed by atoms with E-state index in [0.717, 1.165) is 38.5 Å². The molecule has 1 fully saturated rings. The van der Waals surface area contributed by atoms with Crippen LogP contribution in [0.25, 0.3) is 0 Å². The van der Waals surface area contributed by atoms with E-state index in [-0.39, 0.29) is 12.4 Å². The van der Waals surface area contributed by atoms with Crippen molar-refractivity contribution in [3.8, 4) is 11.8 Å². The van der Waals surface area contributed by atoms with Crippen molar-refractivity contribution in [3.05, 3.63) is 18.0 Å². The molecule has 0 saturated carbocycles. The minimum absolute atomic E-state index is 0. The fraction of sp³-hybridized carbons (Fsp3) is 0.545. The Kier molecular flexibility index (Phi) is 5.33. The van der Waals surface area contributed by atoms with E-state index in [1.54, 1.807) is 4.68 Å². The van der Waals surface area contributed by atoms with Crippen LogP contribution in [-0.4, -0.2) is 47.5 Å². The standard InChI is InChI=1S/C11H15N3O.ClH/c1-13-6-4-11(12-13)3-2-5-14-7-9-15-10-8-14;/h4,6H,5,7-10H2,1H3;1H. The highest BCUT2D eigenvalue weighted by Crippen LogP contribution is 1.95. The lowest BCUT2D eigenvalue weighted by Crippen LogP contribution is -2.36. The zero-order valence-electron chi connectivity index (χ0n) is 9.35. The van der Waals surface area contributed by atoms with Gasteiger partial charge < -0.3 is 4.74 Å². The van der Waals surface area contributed by atoms with E-state index in [1.165, 1.54) is 0 Å². The second-order valence-corrected chi connectivity index (χ2v) is 3.56. The van der Waals surface area contributed by atoms with Gasteiger partial charge in [-0.15, -0.1) is 12.4 Å². The Bertz CT molecular complexity index is 374. The summed E-state index contributed by atoms with van der Waals surface area (Å²) in [6.45, 7) is 4.42. The van der Waals surface area contributed by atoms with E-state index >= 15 is 0 Å². The number of aryl methyl sites for hydroxylation is 1. The molecule has 0 aromatic carbocycles. The average molecular weight is 242 g/mol. The van der Waals surface area contributed by atoms with E-state index in [2.05, 4.69) is 21.8 Å². The molecule has 0 spiro atoms. The lowest BCUT2D eigenvalue weighted by Gasteiger charge is -2.24. The predicted molar refractivity (Wildman–Crippen MR) is 64.6 cm³/mol. The molecule has 88 valence electrons. The molecule has 1 aliphatic rings. The quantitative estimate of drug-likeness (QED) is 0.672. The maximum absolute atomic E-state index is 5.26. The summed E-state index contributed by atoms with van der Waals surface area (Å²) in [6.07, 6.45) is 1.90. The van der Waals surface area contributed by atoms with E-state index in [1.807, 2.05) is 19.3 Å². The van der Waals surface area contributed by atoms with Gasteiger partial charge in [0.05, 0.1) is 19.8 Å². The molecule has 0 amide bonds. The first-order valence-electron chi connectivity index (χ1n) is 5.13. The number of hydrogen-bond acceptors (Lipinski definition) is 3. The highest BCUT2D eigenvalue weighted by molar-refractivity contribution is 5.85. The summed E-state index contributed by atoms with van der Waals surface area (Å²) < 4.78 is 7.02. The van der Waals surface area contributed by atoms with E-state index < -0.39 is 0 Å². The van der Waals surface area contributed by atoms with Gasteiger partial charge in [-0.2, -0.15) is 5.10 Å². The maximum Gasteiger partial charge on any atom is 0.135 e. The topological polar surface area (TPSA) is 30.3 Å². The van der Waals surface area contributed by atoms with Crippen LogP contribution in [0.5, 0.6) is 0 Å². The van der Waals surface area contributed by atoms with Crippen molar-refractivity contribution < 1.29 is 4.74 Å². The van der Waals surface area contributed by atoms with E-state index in [0.29, 0.717) is 0 Å². The van der Waals surface area contributed by atoms with Crippen LogP contribution < -0.4 is 0 Å². The van der Waals surface area contributed by atoms with Gasteiger partial charge in [-0.1, -0.05) is 5.92 Å². The third-order valence-electron chi connectivity index (χ3n) is 2.34. The van der Waals surface area contributed by atoms with Crippen molar-refractivity contribution in [2.24, 2.45) is 7.05 Å². The van der Waals surface area contributed by atoms with Gasteiger partial charge in [0, 0.05) is 26.3 Å². The Balaban J connectivity index is 0.00000128. The first-order valence-corrected chi connectivity index (χ1v) is 5.13. The Morgan fingerprint density at radius 1 is 1.44 bits per heavy atom. The third-order valence-corrected chi connectivity index (χ3v) is 2.34. The van der Waals surface area contributed by atoms with Crippen molar-refractivity contribution in [1.29, 1.82) is 0 Å². The van der Waals surface area contributed by atoms with Crippen LogP contribution in [0.4, 0.5) is 0 Å². The first kappa shape index (κ1) is 13.0. The summed E-state index contributed by atoms with van der Waals surface area (Å²) >= 11 is 0. The van der Waals surface area contributed by atoms with Gasteiger partial charge in [0.25, 0.3) is 0 Å². The van der Waals surface area contributed by atoms with Gasteiger partial charge in [-0.05, 0) is 12.0 Å². The van der Waals surface area contributed by atoms with Crippen LogP contribution in [0.1, 0.15) is 5.69 Å². The Labute approximate surface area is 102 Å². The number of aromatic nitrogens is 2. The monoisotopic (exact) mass is 241 g/mol. The summed E-state index contributed by atoms with van der Waals surface area (Å²) in [6, 6.07) is 1.92. The number of halogens is 1. The zero-order chi connectivity index (χ0) is 10.5. The van der Waals surface area contributed by atoms with Crippen molar-refractivity contribution in [3.63, 3.8) is 0 Å². The molecule has 0 radical (unpaired) electrons. The molecule has 4 nitrogen and oxygen atoms in total. The highest BCUT2D eigenvalue weighted by atomic mass is 35.5. The summed E-state index contributed by atoms with van der Waals surface area (Å²) in [5, 5.41) is 4.19. The van der Waals surface area contributed by atoms with Crippen LogP contribution in [0.15, 0.2) is 12.3 Å². The van der Waals surface area contributed by atoms with Crippen LogP contribution >= 0.6 is 12.4 Å². The predicted octanol–water partition coefficient (Wildman–Crippen LogP) is 0.526. The number of rotatable bonds is 1. The molecule has 2 heterocycles. The molecule has 0 atom stereocenters. The number of morpholine rings is 1. The van der Waals surface area contributed by atoms with Gasteiger partial charge in [0.15, 0.2) is 0 Å². The second-order valence-electron chi connectivity index (χ2n) is 3.56. The highest BCUT2D eigenvalue weighted by Gasteiger charge is 2.07. The molecule has 1 aliphatic heterocycles. The number of nitrogens with zero attached hydrogens (tertiary/aromatic N) is 3. The molecule has 1 saturated heterocycles. The fourth-order valence-corrected chi connectivity index (χ4v) is 1.48. The number of hydrogen-bond donors (Lipinski definition) is 0. The van der Waals surface area contributed by atoms with Crippen LogP contribution in [0, 0.1) is 11.8 Å². The average Bonchev–Trinajstić information content (AvgIpc) is 2.66. The first-order chi connectivity index (χ1) is 7.34. The van der Waals surface area contributed by atoms with Gasteiger partial charge in [-0.3, -0.25) is 9.58 Å². The summed E-state index contributed by atoms with van der Waals surface area (Å²) in [5.74, 6) is 6.18. The minimum Gasteiger partial charge on any atom is -0.379 e. The van der Waals surface area contributed by atoms with Crippen LogP contribution in [0.3, 0.4) is 0 Å². The Hall–Kier alpha value is -1.02. The van der Waals surface area contributed by atoms with Crippen LogP contribution in [-0.2, 0) is 11.8 Å². The maximum atomic E-state index is 5.26. The van der Waals surface area contributed by atoms with Crippen molar-refractivity contribution in [2.45, 2.75) is 0 Å². The van der Waals surface area contributed by atoms with Crippen molar-refractivity contribution in [1.82, 2.24) is 14.7 Å². The van der Waals surface area contributed by atoms with Crippen molar-refractivity contribution in [2.75, 3.05) is 32.8 Å². The minimum atomic E-state index is 0. The van der Waals surface area contributed by atoms with Gasteiger partial charge >= 0.3 is 0 Å². The normalized spacial score (nSPS) is 16.1. The molecule has 1 aromatic rings. The lowest BCUT2D eigenvalue weighted by molar-refractivity contribution is 0.0443. The molecular formula is C11H16ClN3O. The summed E-state index contributed by atoms with van der Waals surface area (Å²) in [7, 11) is 1.90. The van der Waals surface area contributed by atoms with Gasteiger partial charge in [-0.25, -0.2) is 0 Å². The zero-order valence-corrected chi connectivity index (χ0v) is 10.2. The molecule has 0 aliphatic carbocycles. The lowest BCUT2D eigenvalue weighted by atomic mass is 10.4. The Morgan fingerprint density at radius 2 is 2.19 bits per heavy atom. The molecule has 0 bridgehead atoms. The fourth-order valence-electron chi connectivity index (χ4n) is 1.48. The third kappa shape index (κ3) is 3.86. The summed E-state index contributed by atoms with van der Waals surface area (Å²) in [5.41, 5.74) is 0.839. The number of ether oxygens (including phenoxy) is 1. The summed E-state index contributed by atoms with van der Waals surface area (Å²) in [4.78, 5) is 2.29. The van der Waals surface area contributed by atoms with Crippen LogP contribution in [0.2, 0.25) is 0 Å². The SMILES string of the molecule is Cl.Cn1ccc(C#CCN2CCOCC2)n1. The molecular weight excluding hydrogens is 226 g/mol. The molecule has 1 aromatic heterocycles. The molecule has 0 N–H and O–H groups in total.